The Balaban J connectivity index is 1.28. The van der Waals surface area contributed by atoms with Gasteiger partial charge in [-0.2, -0.15) is 15.1 Å². The topological polar surface area (TPSA) is 116 Å². The van der Waals surface area contributed by atoms with Crippen molar-refractivity contribution in [3.63, 3.8) is 0 Å². The molecule has 0 bridgehead atoms. The molecule has 10 heteroatoms. The highest BCUT2D eigenvalue weighted by molar-refractivity contribution is 5.93. The predicted octanol–water partition coefficient (Wildman–Crippen LogP) is 3.21. The number of fused-ring (bicyclic) bond motifs is 1. The molecular weight excluding hydrogens is 418 g/mol. The van der Waals surface area contributed by atoms with Gasteiger partial charge in [-0.1, -0.05) is 6.07 Å². The third kappa shape index (κ3) is 3.77. The lowest BCUT2D eigenvalue weighted by Gasteiger charge is -2.25. The van der Waals surface area contributed by atoms with E-state index in [4.69, 9.17) is 9.97 Å². The highest BCUT2D eigenvalue weighted by Crippen LogP contribution is 2.34. The molecule has 33 heavy (non-hydrogen) atoms. The minimum absolute atomic E-state index is 0.134. The number of hydrogen-bond acceptors (Lipinski definition) is 7. The molecule has 4 aromatic rings. The van der Waals surface area contributed by atoms with Gasteiger partial charge < -0.3 is 15.5 Å². The van der Waals surface area contributed by atoms with Crippen LogP contribution in [0.4, 0.5) is 17.7 Å². The minimum atomic E-state index is -0.134. The molecule has 1 aliphatic heterocycles. The Labute approximate surface area is 190 Å². The van der Waals surface area contributed by atoms with Crippen LogP contribution >= 0.6 is 0 Å². The lowest BCUT2D eigenvalue weighted by molar-refractivity contribution is 0.0912. The van der Waals surface area contributed by atoms with E-state index >= 15 is 0 Å². The normalized spacial score (nSPS) is 18.4. The van der Waals surface area contributed by atoms with Crippen molar-refractivity contribution in [1.82, 2.24) is 34.9 Å². The third-order valence-corrected chi connectivity index (χ3v) is 6.42. The van der Waals surface area contributed by atoms with Crippen LogP contribution in [0.3, 0.4) is 0 Å². The molecule has 2 fully saturated rings. The van der Waals surface area contributed by atoms with Gasteiger partial charge in [0.25, 0.3) is 5.91 Å². The van der Waals surface area contributed by atoms with Gasteiger partial charge in [-0.15, -0.1) is 0 Å². The van der Waals surface area contributed by atoms with E-state index in [-0.39, 0.29) is 18.0 Å². The van der Waals surface area contributed by atoms with Crippen LogP contribution in [-0.2, 0) is 0 Å². The van der Waals surface area contributed by atoms with E-state index in [0.29, 0.717) is 23.4 Å². The van der Waals surface area contributed by atoms with Crippen LogP contribution in [-0.4, -0.2) is 48.0 Å². The van der Waals surface area contributed by atoms with Crippen molar-refractivity contribution in [2.45, 2.75) is 44.2 Å². The van der Waals surface area contributed by atoms with Crippen molar-refractivity contribution in [2.75, 3.05) is 16.8 Å². The number of aromatic nitrogens is 6. The Bertz CT molecular complexity index is 1280. The lowest BCUT2D eigenvalue weighted by atomic mass is 9.93. The van der Waals surface area contributed by atoms with Crippen molar-refractivity contribution in [3.05, 3.63) is 60.2 Å². The number of amides is 1. The van der Waals surface area contributed by atoms with E-state index in [9.17, 15) is 4.79 Å². The number of anilines is 3. The molecule has 1 atom stereocenters. The maximum absolute atomic E-state index is 12.4. The Morgan fingerprint density at radius 2 is 2.03 bits per heavy atom. The number of carbonyl (C=O) groups excluding carboxylic acids is 1. The molecule has 2 aliphatic rings. The number of nitrogens with one attached hydrogen (secondary N) is 3. The van der Waals surface area contributed by atoms with Gasteiger partial charge in [0, 0.05) is 31.0 Å². The molecule has 1 aliphatic carbocycles. The zero-order valence-electron chi connectivity index (χ0n) is 18.1. The molecule has 168 valence electrons. The first-order chi connectivity index (χ1) is 16.2. The lowest BCUT2D eigenvalue weighted by Crippen LogP contribution is -2.39. The van der Waals surface area contributed by atoms with Crippen LogP contribution in [0.15, 0.2) is 48.8 Å². The average molecular weight is 444 g/mol. The summed E-state index contributed by atoms with van der Waals surface area (Å²) in [6.07, 6.45) is 9.03. The van der Waals surface area contributed by atoms with Crippen LogP contribution in [0.5, 0.6) is 0 Å². The SMILES string of the molecule is O=C(NC1CCC1)c1cc(Nc2nc(N3CCCC3c3ccccn3)nc3cccn23)n[nH]1. The number of hydrogen-bond donors (Lipinski definition) is 3. The highest BCUT2D eigenvalue weighted by Gasteiger charge is 2.30. The molecule has 4 aromatic heterocycles. The number of nitrogens with zero attached hydrogens (tertiary/aromatic N) is 6. The van der Waals surface area contributed by atoms with E-state index < -0.39 is 0 Å². The average Bonchev–Trinajstić information content (AvgIpc) is 3.57. The van der Waals surface area contributed by atoms with E-state index in [0.717, 1.165) is 43.6 Å². The van der Waals surface area contributed by atoms with Gasteiger partial charge in [-0.25, -0.2) is 0 Å². The summed E-state index contributed by atoms with van der Waals surface area (Å²) in [5.41, 5.74) is 2.24. The van der Waals surface area contributed by atoms with Crippen LogP contribution < -0.4 is 15.5 Å². The summed E-state index contributed by atoms with van der Waals surface area (Å²) in [5.74, 6) is 1.63. The van der Waals surface area contributed by atoms with Crippen LogP contribution in [0.1, 0.15) is 54.3 Å². The summed E-state index contributed by atoms with van der Waals surface area (Å²) in [5, 5.41) is 13.4. The van der Waals surface area contributed by atoms with Crippen molar-refractivity contribution in [2.24, 2.45) is 0 Å². The first kappa shape index (κ1) is 19.7. The summed E-state index contributed by atoms with van der Waals surface area (Å²) >= 11 is 0. The highest BCUT2D eigenvalue weighted by atomic mass is 16.2. The van der Waals surface area contributed by atoms with Gasteiger partial charge in [-0.05, 0) is 56.4 Å². The standard InChI is InChI=1S/C23H25N9O/c33-21(25-15-6-3-7-15)17-14-19(30-29-17)26-22-28-23(27-20-10-5-13-32(20)22)31-12-4-9-18(31)16-8-1-2-11-24-16/h1-2,5,8,10-11,13-15,18H,3-4,6-7,9,12H2,(H,25,33)(H2,26,27,28,29,30). The fourth-order valence-electron chi connectivity index (χ4n) is 4.45. The van der Waals surface area contributed by atoms with E-state index in [1.165, 1.54) is 6.42 Å². The zero-order chi connectivity index (χ0) is 22.2. The second-order valence-electron chi connectivity index (χ2n) is 8.58. The molecule has 5 heterocycles. The smallest absolute Gasteiger partial charge is 0.269 e. The molecule has 0 aromatic carbocycles. The van der Waals surface area contributed by atoms with Gasteiger partial charge in [-0.3, -0.25) is 19.3 Å². The predicted molar refractivity (Wildman–Crippen MR) is 124 cm³/mol. The Kier molecular flexibility index (Phi) is 4.89. The molecule has 1 saturated carbocycles. The van der Waals surface area contributed by atoms with Gasteiger partial charge in [0.05, 0.1) is 11.7 Å². The summed E-state index contributed by atoms with van der Waals surface area (Å²) in [4.78, 5) is 28.8. The second-order valence-corrected chi connectivity index (χ2v) is 8.58. The van der Waals surface area contributed by atoms with E-state index in [1.807, 2.05) is 41.1 Å². The Morgan fingerprint density at radius 1 is 1.09 bits per heavy atom. The molecule has 1 saturated heterocycles. The third-order valence-electron chi connectivity index (χ3n) is 6.42. The van der Waals surface area contributed by atoms with Crippen molar-refractivity contribution >= 4 is 29.3 Å². The van der Waals surface area contributed by atoms with Crippen molar-refractivity contribution < 1.29 is 4.79 Å². The number of aromatic amines is 1. The summed E-state index contributed by atoms with van der Waals surface area (Å²) in [7, 11) is 0. The van der Waals surface area contributed by atoms with Gasteiger partial charge >= 0.3 is 0 Å². The van der Waals surface area contributed by atoms with Crippen molar-refractivity contribution in [3.8, 4) is 0 Å². The fraction of sp³-hybridized carbons (Fsp3) is 0.348. The van der Waals surface area contributed by atoms with Gasteiger partial charge in [0.15, 0.2) is 5.82 Å². The van der Waals surface area contributed by atoms with Crippen LogP contribution in [0, 0.1) is 0 Å². The number of pyridine rings is 1. The van der Waals surface area contributed by atoms with Crippen LogP contribution in [0.2, 0.25) is 0 Å². The Morgan fingerprint density at radius 3 is 2.85 bits per heavy atom. The second kappa shape index (κ2) is 8.19. The summed E-state index contributed by atoms with van der Waals surface area (Å²) in [6, 6.07) is 12.0. The molecular formula is C23H25N9O. The minimum Gasteiger partial charge on any atom is -0.348 e. The maximum atomic E-state index is 12.4. The summed E-state index contributed by atoms with van der Waals surface area (Å²) < 4.78 is 1.87. The summed E-state index contributed by atoms with van der Waals surface area (Å²) in [6.45, 7) is 0.867. The maximum Gasteiger partial charge on any atom is 0.269 e. The zero-order valence-corrected chi connectivity index (χ0v) is 18.1. The van der Waals surface area contributed by atoms with Crippen LogP contribution in [0.25, 0.3) is 5.65 Å². The molecule has 0 radical (unpaired) electrons. The molecule has 3 N–H and O–H groups in total. The van der Waals surface area contributed by atoms with E-state index in [2.05, 4.69) is 36.8 Å². The first-order valence-electron chi connectivity index (χ1n) is 11.4. The molecule has 0 spiro atoms. The monoisotopic (exact) mass is 443 g/mol. The van der Waals surface area contributed by atoms with Crippen molar-refractivity contribution in [1.29, 1.82) is 0 Å². The molecule has 10 nitrogen and oxygen atoms in total. The molecule has 1 amide bonds. The first-order valence-corrected chi connectivity index (χ1v) is 11.4. The molecule has 1 unspecified atom stereocenters. The number of rotatable bonds is 6. The van der Waals surface area contributed by atoms with Gasteiger partial charge in [0.2, 0.25) is 11.9 Å². The van der Waals surface area contributed by atoms with E-state index in [1.54, 1.807) is 6.07 Å². The van der Waals surface area contributed by atoms with Gasteiger partial charge in [0.1, 0.15) is 11.3 Å². The largest absolute Gasteiger partial charge is 0.348 e. The Hall–Kier alpha value is -3.95. The fourth-order valence-corrected chi connectivity index (χ4v) is 4.45. The quantitative estimate of drug-likeness (QED) is 0.419. The number of H-pyrrole nitrogens is 1. The molecule has 6 rings (SSSR count). The number of carbonyl (C=O) groups is 1.